The molecule has 4 heteroatoms. The quantitative estimate of drug-likeness (QED) is 0.915. The molecule has 2 aliphatic rings. The predicted octanol–water partition coefficient (Wildman–Crippen LogP) is 2.69. The van der Waals surface area contributed by atoms with E-state index < -0.39 is 0 Å². The van der Waals surface area contributed by atoms with Crippen molar-refractivity contribution in [2.75, 3.05) is 19.6 Å². The van der Waals surface area contributed by atoms with Gasteiger partial charge in [0.1, 0.15) is 0 Å². The van der Waals surface area contributed by atoms with Crippen LogP contribution in [0.5, 0.6) is 0 Å². The van der Waals surface area contributed by atoms with E-state index in [0.29, 0.717) is 6.54 Å². The standard InChI is InChI=1S/C19H23N3O/c20-11-15(19(23)22-8-1-2-9-22)10-13-6-7-14-12-21-17-5-3-4-16(13)18(14)17/h3-5,10,12,15,21H,1-2,6-9,11,20H2/b13-10+. The summed E-state index contributed by atoms with van der Waals surface area (Å²) in [5.74, 6) is 0.00314. The predicted molar refractivity (Wildman–Crippen MR) is 93.0 cm³/mol. The summed E-state index contributed by atoms with van der Waals surface area (Å²) in [4.78, 5) is 18.0. The Kier molecular flexibility index (Phi) is 3.69. The van der Waals surface area contributed by atoms with Crippen molar-refractivity contribution in [3.63, 3.8) is 0 Å². The van der Waals surface area contributed by atoms with Crippen molar-refractivity contribution in [3.8, 4) is 0 Å². The maximum atomic E-state index is 12.7. The third-order valence-electron chi connectivity index (χ3n) is 5.19. The van der Waals surface area contributed by atoms with Gasteiger partial charge in [-0.2, -0.15) is 0 Å². The fourth-order valence-electron chi connectivity index (χ4n) is 3.95. The number of aromatic nitrogens is 1. The third kappa shape index (κ3) is 2.47. The Hall–Kier alpha value is -2.07. The van der Waals surface area contributed by atoms with Crippen molar-refractivity contribution in [2.24, 2.45) is 11.7 Å². The van der Waals surface area contributed by atoms with Crippen molar-refractivity contribution in [1.29, 1.82) is 0 Å². The number of aryl methyl sites for hydroxylation is 1. The molecule has 23 heavy (non-hydrogen) atoms. The number of likely N-dealkylation sites (tertiary alicyclic amines) is 1. The van der Waals surface area contributed by atoms with Crippen LogP contribution in [0.1, 0.15) is 30.4 Å². The second-order valence-corrected chi connectivity index (χ2v) is 6.61. The summed E-state index contributed by atoms with van der Waals surface area (Å²) in [6.07, 6.45) is 8.48. The molecule has 4 nitrogen and oxygen atoms in total. The van der Waals surface area contributed by atoms with Crippen LogP contribution in [-0.4, -0.2) is 35.4 Å². The molecule has 4 rings (SSSR count). The lowest BCUT2D eigenvalue weighted by Gasteiger charge is -2.22. The fourth-order valence-corrected chi connectivity index (χ4v) is 3.95. The zero-order chi connectivity index (χ0) is 15.8. The topological polar surface area (TPSA) is 62.1 Å². The Bertz CT molecular complexity index is 768. The molecule has 1 amide bonds. The maximum absolute atomic E-state index is 12.7. The molecular formula is C19H23N3O. The lowest BCUT2D eigenvalue weighted by Crippen LogP contribution is -2.36. The number of carbonyl (C=O) groups excluding carboxylic acids is 1. The van der Waals surface area contributed by atoms with Crippen molar-refractivity contribution >= 4 is 22.4 Å². The normalized spacial score (nSPS) is 20.4. The zero-order valence-corrected chi connectivity index (χ0v) is 13.3. The molecule has 1 unspecified atom stereocenters. The molecule has 1 saturated heterocycles. The van der Waals surface area contributed by atoms with Gasteiger partial charge in [-0.05, 0) is 48.4 Å². The van der Waals surface area contributed by atoms with E-state index in [-0.39, 0.29) is 11.8 Å². The number of hydrogen-bond acceptors (Lipinski definition) is 2. The number of nitrogens with zero attached hydrogens (tertiary/aromatic N) is 1. The van der Waals surface area contributed by atoms with Crippen LogP contribution in [0, 0.1) is 5.92 Å². The number of nitrogens with two attached hydrogens (primary N) is 1. The molecule has 0 saturated carbocycles. The van der Waals surface area contributed by atoms with Gasteiger partial charge in [-0.3, -0.25) is 4.79 Å². The van der Waals surface area contributed by atoms with Crippen LogP contribution in [0.4, 0.5) is 0 Å². The lowest BCUT2D eigenvalue weighted by atomic mass is 9.86. The second-order valence-electron chi connectivity index (χ2n) is 6.61. The number of benzene rings is 1. The molecule has 0 spiro atoms. The average molecular weight is 309 g/mol. The second kappa shape index (κ2) is 5.85. The fraction of sp³-hybridized carbons (Fsp3) is 0.421. The molecule has 1 aliphatic carbocycles. The van der Waals surface area contributed by atoms with Gasteiger partial charge in [0.25, 0.3) is 0 Å². The Morgan fingerprint density at radius 2 is 2.13 bits per heavy atom. The zero-order valence-electron chi connectivity index (χ0n) is 13.3. The van der Waals surface area contributed by atoms with E-state index in [9.17, 15) is 4.79 Å². The number of nitrogens with one attached hydrogen (secondary N) is 1. The number of H-pyrrole nitrogens is 1. The Morgan fingerprint density at radius 3 is 2.91 bits per heavy atom. The SMILES string of the molecule is NCC(/C=C1\CCc2c[nH]c3cccc1c23)C(=O)N1CCCC1. The number of rotatable bonds is 3. The van der Waals surface area contributed by atoms with E-state index in [0.717, 1.165) is 38.8 Å². The van der Waals surface area contributed by atoms with E-state index >= 15 is 0 Å². The van der Waals surface area contributed by atoms with E-state index in [1.54, 1.807) is 0 Å². The molecule has 120 valence electrons. The highest BCUT2D eigenvalue weighted by atomic mass is 16.2. The number of hydrogen-bond donors (Lipinski definition) is 2. The summed E-state index contributed by atoms with van der Waals surface area (Å²) < 4.78 is 0. The first-order chi connectivity index (χ1) is 11.3. The van der Waals surface area contributed by atoms with Crippen LogP contribution < -0.4 is 5.73 Å². The summed E-state index contributed by atoms with van der Waals surface area (Å²) in [7, 11) is 0. The van der Waals surface area contributed by atoms with E-state index in [1.165, 1.54) is 27.6 Å². The first kappa shape index (κ1) is 14.5. The molecule has 1 aromatic heterocycles. The molecule has 2 aromatic rings. The molecule has 3 N–H and O–H groups in total. The lowest BCUT2D eigenvalue weighted by molar-refractivity contribution is -0.132. The highest BCUT2D eigenvalue weighted by Gasteiger charge is 2.26. The van der Waals surface area contributed by atoms with Crippen molar-refractivity contribution in [3.05, 3.63) is 41.6 Å². The summed E-state index contributed by atoms with van der Waals surface area (Å²) in [5.41, 5.74) is 11.0. The van der Waals surface area contributed by atoms with Crippen LogP contribution in [0.25, 0.3) is 16.5 Å². The first-order valence-electron chi connectivity index (χ1n) is 8.57. The van der Waals surface area contributed by atoms with Crippen molar-refractivity contribution < 1.29 is 4.79 Å². The van der Waals surface area contributed by atoms with E-state index in [1.807, 2.05) is 4.90 Å². The number of amides is 1. The van der Waals surface area contributed by atoms with Gasteiger partial charge < -0.3 is 15.6 Å². The minimum absolute atomic E-state index is 0.196. The molecule has 2 heterocycles. The summed E-state index contributed by atoms with van der Waals surface area (Å²) in [5, 5.41) is 1.31. The Balaban J connectivity index is 1.69. The minimum Gasteiger partial charge on any atom is -0.361 e. The van der Waals surface area contributed by atoms with Crippen molar-refractivity contribution in [1.82, 2.24) is 9.88 Å². The molecule has 1 aliphatic heterocycles. The minimum atomic E-state index is -0.196. The highest BCUT2D eigenvalue weighted by molar-refractivity contribution is 5.97. The van der Waals surface area contributed by atoms with Crippen LogP contribution in [-0.2, 0) is 11.2 Å². The van der Waals surface area contributed by atoms with Gasteiger partial charge in [0.15, 0.2) is 0 Å². The van der Waals surface area contributed by atoms with Crippen LogP contribution in [0.2, 0.25) is 0 Å². The van der Waals surface area contributed by atoms with Crippen molar-refractivity contribution in [2.45, 2.75) is 25.7 Å². The molecule has 1 aromatic carbocycles. The van der Waals surface area contributed by atoms with Crippen LogP contribution in [0.3, 0.4) is 0 Å². The smallest absolute Gasteiger partial charge is 0.230 e. The van der Waals surface area contributed by atoms with Gasteiger partial charge in [-0.1, -0.05) is 18.2 Å². The largest absolute Gasteiger partial charge is 0.361 e. The summed E-state index contributed by atoms with van der Waals surface area (Å²) >= 11 is 0. The maximum Gasteiger partial charge on any atom is 0.230 e. The van der Waals surface area contributed by atoms with Gasteiger partial charge in [0.05, 0.1) is 5.92 Å². The van der Waals surface area contributed by atoms with E-state index in [4.69, 9.17) is 5.73 Å². The third-order valence-corrected chi connectivity index (χ3v) is 5.19. The van der Waals surface area contributed by atoms with Gasteiger partial charge in [0, 0.05) is 36.7 Å². The summed E-state index contributed by atoms with van der Waals surface area (Å²) in [6, 6.07) is 6.36. The molecule has 1 fully saturated rings. The first-order valence-corrected chi connectivity index (χ1v) is 8.57. The Labute approximate surface area is 136 Å². The molecular weight excluding hydrogens is 286 g/mol. The van der Waals surface area contributed by atoms with Gasteiger partial charge in [-0.15, -0.1) is 0 Å². The molecule has 1 atom stereocenters. The Morgan fingerprint density at radius 1 is 1.30 bits per heavy atom. The van der Waals surface area contributed by atoms with Gasteiger partial charge in [0.2, 0.25) is 5.91 Å². The highest BCUT2D eigenvalue weighted by Crippen LogP contribution is 2.36. The van der Waals surface area contributed by atoms with Crippen LogP contribution >= 0.6 is 0 Å². The number of carbonyl (C=O) groups is 1. The number of aromatic amines is 1. The van der Waals surface area contributed by atoms with Crippen LogP contribution in [0.15, 0.2) is 30.5 Å². The number of allylic oxidation sites excluding steroid dienone is 1. The van der Waals surface area contributed by atoms with Gasteiger partial charge in [-0.25, -0.2) is 0 Å². The molecule has 0 bridgehead atoms. The molecule has 0 radical (unpaired) electrons. The average Bonchev–Trinajstić information content (AvgIpc) is 3.25. The van der Waals surface area contributed by atoms with Gasteiger partial charge >= 0.3 is 0 Å². The van der Waals surface area contributed by atoms with E-state index in [2.05, 4.69) is 35.5 Å². The monoisotopic (exact) mass is 309 g/mol. The summed E-state index contributed by atoms with van der Waals surface area (Å²) in [6.45, 7) is 2.15.